The summed E-state index contributed by atoms with van der Waals surface area (Å²) in [6.07, 6.45) is 0.729. The van der Waals surface area contributed by atoms with E-state index in [1.165, 1.54) is 6.07 Å². The molecule has 0 fully saturated rings. The first kappa shape index (κ1) is 24.4. The van der Waals surface area contributed by atoms with Gasteiger partial charge in [0.15, 0.2) is 5.75 Å². The van der Waals surface area contributed by atoms with E-state index in [1.807, 2.05) is 13.8 Å². The third-order valence-electron chi connectivity index (χ3n) is 4.61. The molecule has 0 amide bonds. The number of ether oxygens (including phenoxy) is 3. The lowest BCUT2D eigenvalue weighted by atomic mass is 9.81. The Morgan fingerprint density at radius 1 is 1.03 bits per heavy atom. The maximum atomic E-state index is 13.0. The Labute approximate surface area is 183 Å². The summed E-state index contributed by atoms with van der Waals surface area (Å²) in [4.78, 5) is 38.7. The van der Waals surface area contributed by atoms with Crippen LogP contribution in [0, 0.1) is 5.41 Å². The van der Waals surface area contributed by atoms with E-state index in [-0.39, 0.29) is 41.4 Å². The van der Waals surface area contributed by atoms with Crippen LogP contribution in [-0.2, 0) is 19.1 Å². The standard InChI is InChI=1S/C24H33NO6/c1-8-29-21(27)17-15-12-10-11-13-16(26)19(15)31-20(18(17)22(28)30-9-2)25-24(6,7)14-23(3,4)5/h10-13,17,25H,8-9,14H2,1-7H3. The molecule has 0 aromatic heterocycles. The van der Waals surface area contributed by atoms with Crippen molar-refractivity contribution in [3.05, 3.63) is 51.5 Å². The number of esters is 2. The fourth-order valence-electron chi connectivity index (χ4n) is 4.04. The number of nitrogens with one attached hydrogen (secondary N) is 1. The highest BCUT2D eigenvalue weighted by Crippen LogP contribution is 2.39. The van der Waals surface area contributed by atoms with Crippen LogP contribution in [0.5, 0.6) is 5.75 Å². The van der Waals surface area contributed by atoms with Gasteiger partial charge in [-0.25, -0.2) is 4.79 Å². The molecule has 0 radical (unpaired) electrons. The molecule has 0 spiro atoms. The summed E-state index contributed by atoms with van der Waals surface area (Å²) >= 11 is 0. The van der Waals surface area contributed by atoms with Crippen LogP contribution in [0.1, 0.15) is 66.4 Å². The van der Waals surface area contributed by atoms with E-state index in [2.05, 4.69) is 26.1 Å². The van der Waals surface area contributed by atoms with Crippen LogP contribution in [0.15, 0.2) is 40.5 Å². The van der Waals surface area contributed by atoms with Crippen LogP contribution >= 0.6 is 0 Å². The van der Waals surface area contributed by atoms with Crippen molar-refractivity contribution in [2.24, 2.45) is 5.41 Å². The third kappa shape index (κ3) is 6.09. The number of fused-ring (bicyclic) bond motifs is 1. The molecule has 1 aromatic rings. The monoisotopic (exact) mass is 431 g/mol. The SMILES string of the molecule is CCOC(=O)C1=C(NC(C)(C)CC(C)(C)C)Oc2c(ccccc2=O)C1C(=O)OCC. The molecule has 170 valence electrons. The highest BCUT2D eigenvalue weighted by atomic mass is 16.5. The summed E-state index contributed by atoms with van der Waals surface area (Å²) in [7, 11) is 0. The minimum atomic E-state index is -1.14. The first-order valence-electron chi connectivity index (χ1n) is 10.6. The average Bonchev–Trinajstić information content (AvgIpc) is 2.80. The predicted octanol–water partition coefficient (Wildman–Crippen LogP) is 3.67. The Balaban J connectivity index is 2.72. The molecule has 2 rings (SSSR count). The molecule has 7 nitrogen and oxygen atoms in total. The van der Waals surface area contributed by atoms with Crippen LogP contribution in [0.25, 0.3) is 0 Å². The van der Waals surface area contributed by atoms with Gasteiger partial charge in [0.1, 0.15) is 11.5 Å². The molecule has 1 atom stereocenters. The van der Waals surface area contributed by atoms with Crippen LogP contribution in [-0.4, -0.2) is 30.7 Å². The fourth-order valence-corrected chi connectivity index (χ4v) is 4.04. The number of carbonyl (C=O) groups is 2. The van der Waals surface area contributed by atoms with Gasteiger partial charge in [-0.1, -0.05) is 39.0 Å². The Kier molecular flexibility index (Phi) is 7.52. The van der Waals surface area contributed by atoms with Crippen LogP contribution < -0.4 is 15.5 Å². The molecule has 7 heteroatoms. The van der Waals surface area contributed by atoms with Gasteiger partial charge in [0.05, 0.1) is 13.2 Å². The molecule has 1 aliphatic heterocycles. The lowest BCUT2D eigenvalue weighted by Gasteiger charge is -2.37. The lowest BCUT2D eigenvalue weighted by molar-refractivity contribution is -0.148. The van der Waals surface area contributed by atoms with Crippen molar-refractivity contribution in [3.8, 4) is 5.75 Å². The second kappa shape index (κ2) is 9.54. The molecule has 1 aromatic carbocycles. The van der Waals surface area contributed by atoms with Gasteiger partial charge in [-0.2, -0.15) is 0 Å². The topological polar surface area (TPSA) is 90.9 Å². The summed E-state index contributed by atoms with van der Waals surface area (Å²) in [6.45, 7) is 13.9. The lowest BCUT2D eigenvalue weighted by Crippen LogP contribution is -2.46. The van der Waals surface area contributed by atoms with Crippen LogP contribution in [0.3, 0.4) is 0 Å². The molecule has 1 aliphatic rings. The molecule has 0 aliphatic carbocycles. The Morgan fingerprint density at radius 3 is 2.23 bits per heavy atom. The molecule has 1 N–H and O–H groups in total. The van der Waals surface area contributed by atoms with E-state index < -0.39 is 28.8 Å². The van der Waals surface area contributed by atoms with Crippen molar-refractivity contribution in [3.63, 3.8) is 0 Å². The second-order valence-corrected chi connectivity index (χ2v) is 9.36. The Morgan fingerprint density at radius 2 is 1.65 bits per heavy atom. The Hall–Kier alpha value is -2.83. The van der Waals surface area contributed by atoms with Gasteiger partial charge < -0.3 is 19.5 Å². The van der Waals surface area contributed by atoms with Gasteiger partial charge in [-0.05, 0) is 45.6 Å². The molecule has 0 saturated heterocycles. The first-order valence-corrected chi connectivity index (χ1v) is 10.6. The molecular formula is C24H33NO6. The maximum Gasteiger partial charge on any atom is 0.340 e. The zero-order valence-corrected chi connectivity index (χ0v) is 19.5. The number of carbonyl (C=O) groups excluding carboxylic acids is 2. The average molecular weight is 432 g/mol. The number of rotatable bonds is 7. The first-order chi connectivity index (χ1) is 14.4. The van der Waals surface area contributed by atoms with Crippen molar-refractivity contribution >= 4 is 11.9 Å². The highest BCUT2D eigenvalue weighted by Gasteiger charge is 2.42. The molecule has 1 heterocycles. The fraction of sp³-hybridized carbons (Fsp3) is 0.542. The van der Waals surface area contributed by atoms with Gasteiger partial charge in [0.2, 0.25) is 11.3 Å². The highest BCUT2D eigenvalue weighted by molar-refractivity contribution is 6.00. The summed E-state index contributed by atoms with van der Waals surface area (Å²) in [5.74, 6) is -2.45. The number of hydrogen-bond donors (Lipinski definition) is 1. The number of hydrogen-bond acceptors (Lipinski definition) is 7. The third-order valence-corrected chi connectivity index (χ3v) is 4.61. The van der Waals surface area contributed by atoms with Gasteiger partial charge in [0.25, 0.3) is 0 Å². The maximum absolute atomic E-state index is 13.0. The smallest absolute Gasteiger partial charge is 0.340 e. The normalized spacial score (nSPS) is 16.2. The largest absolute Gasteiger partial charge is 0.465 e. The van der Waals surface area contributed by atoms with Crippen molar-refractivity contribution < 1.29 is 23.8 Å². The predicted molar refractivity (Wildman–Crippen MR) is 118 cm³/mol. The van der Waals surface area contributed by atoms with Gasteiger partial charge in [-0.15, -0.1) is 0 Å². The van der Waals surface area contributed by atoms with Crippen molar-refractivity contribution in [1.29, 1.82) is 0 Å². The van der Waals surface area contributed by atoms with E-state index in [4.69, 9.17) is 14.2 Å². The van der Waals surface area contributed by atoms with Gasteiger partial charge >= 0.3 is 11.9 Å². The molecule has 31 heavy (non-hydrogen) atoms. The summed E-state index contributed by atoms with van der Waals surface area (Å²) in [5, 5.41) is 3.26. The quantitative estimate of drug-likeness (QED) is 0.659. The zero-order valence-electron chi connectivity index (χ0n) is 19.5. The van der Waals surface area contributed by atoms with Crippen molar-refractivity contribution in [1.82, 2.24) is 5.32 Å². The minimum Gasteiger partial charge on any atom is -0.465 e. The molecule has 0 bridgehead atoms. The molecule has 1 unspecified atom stereocenters. The van der Waals surface area contributed by atoms with Crippen LogP contribution in [0.2, 0.25) is 0 Å². The van der Waals surface area contributed by atoms with E-state index in [9.17, 15) is 14.4 Å². The van der Waals surface area contributed by atoms with E-state index in [1.54, 1.807) is 32.0 Å². The van der Waals surface area contributed by atoms with E-state index in [0.29, 0.717) is 0 Å². The molecule has 0 saturated carbocycles. The van der Waals surface area contributed by atoms with Gasteiger partial charge in [-0.3, -0.25) is 9.59 Å². The minimum absolute atomic E-state index is 0.000356. The summed E-state index contributed by atoms with van der Waals surface area (Å²) in [6, 6.07) is 6.14. The van der Waals surface area contributed by atoms with Crippen LogP contribution in [0.4, 0.5) is 0 Å². The second-order valence-electron chi connectivity index (χ2n) is 9.36. The molecular weight excluding hydrogens is 398 g/mol. The zero-order chi connectivity index (χ0) is 23.4. The van der Waals surface area contributed by atoms with Gasteiger partial charge in [0, 0.05) is 11.1 Å². The summed E-state index contributed by atoms with van der Waals surface area (Å²) in [5.41, 5.74) is -0.659. The van der Waals surface area contributed by atoms with E-state index >= 15 is 0 Å². The Bertz CT molecular complexity index is 926. The van der Waals surface area contributed by atoms with E-state index in [0.717, 1.165) is 6.42 Å². The van der Waals surface area contributed by atoms with Crippen molar-refractivity contribution in [2.75, 3.05) is 13.2 Å². The van der Waals surface area contributed by atoms with Crippen molar-refractivity contribution in [2.45, 2.75) is 66.3 Å². The summed E-state index contributed by atoms with van der Waals surface area (Å²) < 4.78 is 16.5.